The largest absolute Gasteiger partial charge is 0.250 e. The van der Waals surface area contributed by atoms with E-state index in [1.165, 1.54) is 11.8 Å². The normalized spacial score (nSPS) is 26.7. The summed E-state index contributed by atoms with van der Waals surface area (Å²) in [4.78, 5) is 4.21. The smallest absolute Gasteiger partial charge is 0.239 e. The molecular formula is C15H14F3N3S. The Bertz CT molecular complexity index is 681. The molecule has 0 spiro atoms. The number of hydrogen-bond acceptors (Lipinski definition) is 3. The van der Waals surface area contributed by atoms with Crippen LogP contribution in [0, 0.1) is 0 Å². The molecule has 2 aliphatic rings. The first-order valence-electron chi connectivity index (χ1n) is 7.22. The molecule has 2 heterocycles. The van der Waals surface area contributed by atoms with Crippen molar-refractivity contribution in [3.63, 3.8) is 0 Å². The lowest BCUT2D eigenvalue weighted by atomic mass is 9.94. The van der Waals surface area contributed by atoms with Gasteiger partial charge in [0.2, 0.25) is 11.1 Å². The molecule has 0 radical (unpaired) electrons. The van der Waals surface area contributed by atoms with E-state index in [-0.39, 0.29) is 24.1 Å². The lowest BCUT2D eigenvalue weighted by molar-refractivity contribution is -0.0667. The summed E-state index contributed by atoms with van der Waals surface area (Å²) in [6, 6.07) is 9.43. The Kier molecular flexibility index (Phi) is 3.21. The van der Waals surface area contributed by atoms with Crippen molar-refractivity contribution in [3.05, 3.63) is 41.7 Å². The molecule has 2 unspecified atom stereocenters. The van der Waals surface area contributed by atoms with E-state index >= 15 is 0 Å². The van der Waals surface area contributed by atoms with Crippen LogP contribution in [-0.2, 0) is 0 Å². The van der Waals surface area contributed by atoms with Gasteiger partial charge in [-0.05, 0) is 5.56 Å². The predicted octanol–water partition coefficient (Wildman–Crippen LogP) is 4.17. The summed E-state index contributed by atoms with van der Waals surface area (Å²) in [6.07, 6.45) is -1.13. The van der Waals surface area contributed by atoms with E-state index in [2.05, 4.69) is 10.1 Å². The molecule has 1 aliphatic carbocycles. The highest BCUT2D eigenvalue weighted by Gasteiger charge is 2.46. The molecule has 1 aromatic carbocycles. The minimum absolute atomic E-state index is 0.150. The number of rotatable bonds is 3. The molecule has 0 bridgehead atoms. The maximum absolute atomic E-state index is 14.2. The van der Waals surface area contributed by atoms with Crippen LogP contribution in [0.15, 0.2) is 35.5 Å². The molecule has 1 aromatic heterocycles. The number of nitrogens with zero attached hydrogens (tertiary/aromatic N) is 3. The van der Waals surface area contributed by atoms with Gasteiger partial charge in [-0.25, -0.2) is 22.8 Å². The number of alkyl halides is 3. The molecule has 4 rings (SSSR count). The van der Waals surface area contributed by atoms with Crippen molar-refractivity contribution in [1.82, 2.24) is 14.8 Å². The van der Waals surface area contributed by atoms with Crippen LogP contribution >= 0.6 is 11.8 Å². The molecule has 0 saturated heterocycles. The van der Waals surface area contributed by atoms with Crippen molar-refractivity contribution in [2.24, 2.45) is 0 Å². The Morgan fingerprint density at radius 1 is 1.18 bits per heavy atom. The summed E-state index contributed by atoms with van der Waals surface area (Å²) >= 11 is 1.23. The lowest BCUT2D eigenvalue weighted by Gasteiger charge is -2.33. The number of halogens is 3. The topological polar surface area (TPSA) is 30.7 Å². The third-order valence-corrected chi connectivity index (χ3v) is 5.20. The van der Waals surface area contributed by atoms with Crippen LogP contribution in [0.4, 0.5) is 13.2 Å². The van der Waals surface area contributed by atoms with Crippen LogP contribution in [0.2, 0.25) is 0 Å². The summed E-state index contributed by atoms with van der Waals surface area (Å²) in [5, 5.41) is 4.58. The summed E-state index contributed by atoms with van der Waals surface area (Å²) in [5.41, 5.74) is 0.987. The highest BCUT2D eigenvalue weighted by molar-refractivity contribution is 7.99. The summed E-state index contributed by atoms with van der Waals surface area (Å²) in [6.45, 7) is 0. The first-order valence-corrected chi connectivity index (χ1v) is 8.10. The number of thioether (sulfide) groups is 1. The van der Waals surface area contributed by atoms with Gasteiger partial charge in [-0.3, -0.25) is 0 Å². The zero-order chi connectivity index (χ0) is 15.3. The second kappa shape index (κ2) is 5.01. The number of benzene rings is 1. The van der Waals surface area contributed by atoms with Crippen molar-refractivity contribution < 1.29 is 13.2 Å². The van der Waals surface area contributed by atoms with E-state index in [4.69, 9.17) is 0 Å². The van der Waals surface area contributed by atoms with Gasteiger partial charge in [0.25, 0.3) is 0 Å². The standard InChI is InChI=1S/C15H14F3N3S/c16-11-6-12(9-4-2-1-3-5-9)21-13(11)19-14(20-21)22-10-7-15(17,18)8-10/h1-5,10-12H,6-8H2. The van der Waals surface area contributed by atoms with E-state index in [1.54, 1.807) is 4.68 Å². The van der Waals surface area contributed by atoms with Gasteiger partial charge in [0.15, 0.2) is 12.0 Å². The molecule has 2 aromatic rings. The minimum Gasteiger partial charge on any atom is -0.239 e. The van der Waals surface area contributed by atoms with Gasteiger partial charge in [0.05, 0.1) is 6.04 Å². The summed E-state index contributed by atoms with van der Waals surface area (Å²) in [5.74, 6) is -2.25. The zero-order valence-corrected chi connectivity index (χ0v) is 12.4. The number of fused-ring (bicyclic) bond motifs is 1. The molecule has 22 heavy (non-hydrogen) atoms. The number of hydrogen-bond donors (Lipinski definition) is 0. The number of aromatic nitrogens is 3. The van der Waals surface area contributed by atoms with E-state index in [9.17, 15) is 13.2 Å². The van der Waals surface area contributed by atoms with E-state index in [0.29, 0.717) is 17.4 Å². The average Bonchev–Trinajstić information content (AvgIpc) is 2.98. The van der Waals surface area contributed by atoms with Crippen molar-refractivity contribution in [2.75, 3.05) is 0 Å². The van der Waals surface area contributed by atoms with Gasteiger partial charge in [0.1, 0.15) is 0 Å². The van der Waals surface area contributed by atoms with E-state index in [1.807, 2.05) is 30.3 Å². The van der Waals surface area contributed by atoms with Gasteiger partial charge in [0, 0.05) is 24.5 Å². The molecule has 0 N–H and O–H groups in total. The molecule has 0 amide bonds. The third kappa shape index (κ3) is 2.41. The highest BCUT2D eigenvalue weighted by atomic mass is 32.2. The Labute approximate surface area is 129 Å². The Balaban J connectivity index is 1.56. The first-order chi connectivity index (χ1) is 10.5. The maximum Gasteiger partial charge on any atom is 0.250 e. The zero-order valence-electron chi connectivity index (χ0n) is 11.6. The van der Waals surface area contributed by atoms with Crippen LogP contribution in [0.25, 0.3) is 0 Å². The van der Waals surface area contributed by atoms with Crippen LogP contribution in [0.5, 0.6) is 0 Å². The fourth-order valence-corrected chi connectivity index (χ4v) is 4.23. The van der Waals surface area contributed by atoms with Crippen LogP contribution in [-0.4, -0.2) is 25.9 Å². The maximum atomic E-state index is 14.2. The first kappa shape index (κ1) is 14.1. The van der Waals surface area contributed by atoms with Crippen LogP contribution in [0.3, 0.4) is 0 Å². The van der Waals surface area contributed by atoms with Crippen molar-refractivity contribution in [1.29, 1.82) is 0 Å². The fourth-order valence-electron chi connectivity index (χ4n) is 3.00. The lowest BCUT2D eigenvalue weighted by Crippen LogP contribution is -2.37. The van der Waals surface area contributed by atoms with Crippen LogP contribution in [0.1, 0.15) is 42.9 Å². The molecule has 116 valence electrons. The fraction of sp³-hybridized carbons (Fsp3) is 0.467. The Morgan fingerprint density at radius 3 is 2.59 bits per heavy atom. The quantitative estimate of drug-likeness (QED) is 0.848. The minimum atomic E-state index is -2.56. The van der Waals surface area contributed by atoms with Gasteiger partial charge in [-0.1, -0.05) is 42.1 Å². The summed E-state index contributed by atoms with van der Waals surface area (Å²) in [7, 11) is 0. The van der Waals surface area contributed by atoms with Gasteiger partial charge < -0.3 is 0 Å². The highest BCUT2D eigenvalue weighted by Crippen LogP contribution is 2.47. The monoisotopic (exact) mass is 325 g/mol. The van der Waals surface area contributed by atoms with Crippen molar-refractivity contribution >= 4 is 11.8 Å². The van der Waals surface area contributed by atoms with Crippen molar-refractivity contribution in [3.8, 4) is 0 Å². The molecule has 7 heteroatoms. The second-order valence-corrected chi connectivity index (χ2v) is 7.10. The molecule has 1 aliphatic heterocycles. The molecule has 1 fully saturated rings. The molecule has 2 atom stereocenters. The van der Waals surface area contributed by atoms with E-state index < -0.39 is 12.1 Å². The van der Waals surface area contributed by atoms with E-state index in [0.717, 1.165) is 5.56 Å². The predicted molar refractivity (Wildman–Crippen MR) is 76.9 cm³/mol. The third-order valence-electron chi connectivity index (χ3n) is 4.15. The average molecular weight is 325 g/mol. The van der Waals surface area contributed by atoms with Gasteiger partial charge in [-0.15, -0.1) is 5.10 Å². The summed E-state index contributed by atoms with van der Waals surface area (Å²) < 4.78 is 41.5. The Hall–Kier alpha value is -1.50. The Morgan fingerprint density at radius 2 is 1.91 bits per heavy atom. The molecule has 3 nitrogen and oxygen atoms in total. The van der Waals surface area contributed by atoms with Gasteiger partial charge >= 0.3 is 0 Å². The van der Waals surface area contributed by atoms with Crippen molar-refractivity contribution in [2.45, 2.75) is 47.8 Å². The van der Waals surface area contributed by atoms with Gasteiger partial charge in [-0.2, -0.15) is 0 Å². The molecular weight excluding hydrogens is 311 g/mol. The van der Waals surface area contributed by atoms with Crippen LogP contribution < -0.4 is 0 Å². The molecule has 1 saturated carbocycles. The second-order valence-electron chi connectivity index (χ2n) is 5.83. The SMILES string of the molecule is FC1CC(c2ccccc2)n2nc(SC3CC(F)(F)C3)nc21.